The highest BCUT2D eigenvalue weighted by Gasteiger charge is 1.95. The molecule has 1 rings (SSSR count). The van der Waals surface area contributed by atoms with Crippen LogP contribution in [0, 0.1) is 0 Å². The summed E-state index contributed by atoms with van der Waals surface area (Å²) in [5, 5.41) is -0.407. The van der Waals surface area contributed by atoms with E-state index >= 15 is 0 Å². The number of primary amides is 1. The number of amides is 1. The van der Waals surface area contributed by atoms with Gasteiger partial charge < -0.3 is 5.73 Å². The summed E-state index contributed by atoms with van der Waals surface area (Å²) in [6.07, 6.45) is 0. The first-order valence-corrected chi connectivity index (χ1v) is 3.92. The Morgan fingerprint density at radius 1 is 1.23 bits per heavy atom. The largest absolute Gasteiger partial charge is 0.370 e. The van der Waals surface area contributed by atoms with E-state index < -0.39 is 5.24 Å². The van der Waals surface area contributed by atoms with Crippen LogP contribution in [0.25, 0.3) is 0 Å². The summed E-state index contributed by atoms with van der Waals surface area (Å²) in [4.78, 5) is 19.6. The minimum absolute atomic E-state index is 0.333. The second kappa shape index (κ2) is 6.20. The number of hydrogen-bond acceptors (Lipinski definition) is 2. The van der Waals surface area contributed by atoms with Gasteiger partial charge in [0.2, 0.25) is 5.91 Å². The lowest BCUT2D eigenvalue weighted by Gasteiger charge is -1.87. The molecule has 13 heavy (non-hydrogen) atoms. The molecule has 0 aliphatic heterocycles. The lowest BCUT2D eigenvalue weighted by Crippen LogP contribution is -2.01. The van der Waals surface area contributed by atoms with Crippen molar-refractivity contribution in [3.63, 3.8) is 0 Å². The fourth-order valence-corrected chi connectivity index (χ4v) is 0.695. The number of rotatable bonds is 1. The topological polar surface area (TPSA) is 60.2 Å². The van der Waals surface area contributed by atoms with Gasteiger partial charge in [-0.05, 0) is 11.6 Å². The van der Waals surface area contributed by atoms with Gasteiger partial charge in [0.15, 0.2) is 0 Å². The molecule has 0 atom stereocenters. The van der Waals surface area contributed by atoms with Crippen LogP contribution in [0.5, 0.6) is 0 Å². The number of carbonyl (C=O) groups excluding carboxylic acids is 2. The third-order valence-electron chi connectivity index (χ3n) is 1.00. The van der Waals surface area contributed by atoms with Gasteiger partial charge in [-0.3, -0.25) is 9.59 Å². The molecule has 0 aliphatic carbocycles. The van der Waals surface area contributed by atoms with Crippen molar-refractivity contribution in [3.8, 4) is 0 Å². The molecule has 0 saturated carbocycles. The molecule has 0 bridgehead atoms. The van der Waals surface area contributed by atoms with Crippen molar-refractivity contribution in [1.29, 1.82) is 0 Å². The highest BCUT2D eigenvalue weighted by molar-refractivity contribution is 6.67. The Balaban J connectivity index is 0.000000310. The van der Waals surface area contributed by atoms with Gasteiger partial charge in [0, 0.05) is 12.5 Å². The van der Waals surface area contributed by atoms with Gasteiger partial charge in [0.05, 0.1) is 0 Å². The maximum Gasteiger partial charge on any atom is 0.252 e. The molecule has 1 aromatic carbocycles. The molecule has 1 amide bonds. The van der Waals surface area contributed by atoms with E-state index in [2.05, 4.69) is 5.73 Å². The first kappa shape index (κ1) is 11.6. The van der Waals surface area contributed by atoms with E-state index in [0.717, 1.165) is 0 Å². The molecule has 0 unspecified atom stereocenters. The van der Waals surface area contributed by atoms with E-state index in [4.69, 9.17) is 11.6 Å². The van der Waals surface area contributed by atoms with Crippen molar-refractivity contribution < 1.29 is 9.59 Å². The first-order chi connectivity index (χ1) is 6.04. The van der Waals surface area contributed by atoms with E-state index in [-0.39, 0.29) is 5.91 Å². The van der Waals surface area contributed by atoms with Crippen molar-refractivity contribution in [3.05, 3.63) is 35.9 Å². The number of hydrogen-bond donors (Lipinski definition) is 1. The zero-order chi connectivity index (χ0) is 10.3. The maximum atomic E-state index is 10.4. The van der Waals surface area contributed by atoms with E-state index in [1.165, 1.54) is 6.92 Å². The van der Waals surface area contributed by atoms with Crippen LogP contribution in [0.1, 0.15) is 17.3 Å². The summed E-state index contributed by atoms with van der Waals surface area (Å²) < 4.78 is 0. The van der Waals surface area contributed by atoms with E-state index in [0.29, 0.717) is 5.56 Å². The van der Waals surface area contributed by atoms with Crippen LogP contribution in [-0.2, 0) is 4.79 Å². The van der Waals surface area contributed by atoms with Crippen LogP contribution in [0.2, 0.25) is 0 Å². The zero-order valence-corrected chi connectivity index (χ0v) is 7.91. The molecule has 0 spiro atoms. The fraction of sp³-hybridized carbons (Fsp3) is 0.111. The molecule has 0 fully saturated rings. The second-order valence-electron chi connectivity index (χ2n) is 2.25. The normalized spacial score (nSPS) is 8.15. The Kier molecular flexibility index (Phi) is 5.55. The number of nitrogens with two attached hydrogens (primary N) is 1. The lowest BCUT2D eigenvalue weighted by atomic mass is 10.2. The highest BCUT2D eigenvalue weighted by atomic mass is 35.5. The van der Waals surface area contributed by atoms with Gasteiger partial charge in [0.25, 0.3) is 5.24 Å². The minimum Gasteiger partial charge on any atom is -0.370 e. The Morgan fingerprint density at radius 3 is 1.85 bits per heavy atom. The molecule has 2 N–H and O–H groups in total. The molecule has 1 aromatic rings. The average Bonchev–Trinajstić information content (AvgIpc) is 2.05. The maximum absolute atomic E-state index is 10.4. The van der Waals surface area contributed by atoms with Crippen LogP contribution < -0.4 is 5.73 Å². The standard InChI is InChI=1S/C7H5ClO.C2H5NO/c8-7(9)6-4-2-1-3-5-6;1-2(3)4/h1-5H;1H3,(H2,3,4). The Bertz CT molecular complexity index is 281. The molecule has 0 aromatic heterocycles. The van der Waals surface area contributed by atoms with Gasteiger partial charge in [-0.25, -0.2) is 0 Å². The van der Waals surface area contributed by atoms with Gasteiger partial charge >= 0.3 is 0 Å². The van der Waals surface area contributed by atoms with E-state index in [1.807, 2.05) is 6.07 Å². The molecule has 0 saturated heterocycles. The van der Waals surface area contributed by atoms with Crippen LogP contribution in [0.3, 0.4) is 0 Å². The fourth-order valence-electron chi connectivity index (χ4n) is 0.569. The Labute approximate surface area is 81.5 Å². The van der Waals surface area contributed by atoms with Crippen molar-refractivity contribution >= 4 is 22.8 Å². The molecule has 0 radical (unpaired) electrons. The van der Waals surface area contributed by atoms with Crippen LogP contribution in [0.15, 0.2) is 30.3 Å². The van der Waals surface area contributed by atoms with Crippen molar-refractivity contribution in [2.24, 2.45) is 5.73 Å². The molecule has 0 heterocycles. The number of halogens is 1. The highest BCUT2D eigenvalue weighted by Crippen LogP contribution is 2.01. The van der Waals surface area contributed by atoms with Crippen LogP contribution >= 0.6 is 11.6 Å². The Morgan fingerprint density at radius 2 is 1.62 bits per heavy atom. The summed E-state index contributed by atoms with van der Waals surface area (Å²) in [5.41, 5.74) is 5.01. The van der Waals surface area contributed by atoms with Crippen molar-refractivity contribution in [2.45, 2.75) is 6.92 Å². The summed E-state index contributed by atoms with van der Waals surface area (Å²) >= 11 is 5.16. The number of benzene rings is 1. The summed E-state index contributed by atoms with van der Waals surface area (Å²) in [6.45, 7) is 1.31. The minimum atomic E-state index is -0.407. The quantitative estimate of drug-likeness (QED) is 0.698. The van der Waals surface area contributed by atoms with Crippen molar-refractivity contribution in [1.82, 2.24) is 0 Å². The predicted octanol–water partition coefficient (Wildman–Crippen LogP) is 1.56. The van der Waals surface area contributed by atoms with E-state index in [9.17, 15) is 9.59 Å². The van der Waals surface area contributed by atoms with Crippen molar-refractivity contribution in [2.75, 3.05) is 0 Å². The summed E-state index contributed by atoms with van der Waals surface area (Å²) in [6, 6.07) is 8.74. The molecular formula is C9H10ClNO2. The third-order valence-corrected chi connectivity index (χ3v) is 1.22. The molecule has 4 heteroatoms. The van der Waals surface area contributed by atoms with Gasteiger partial charge in [-0.15, -0.1) is 0 Å². The van der Waals surface area contributed by atoms with Gasteiger partial charge in [-0.1, -0.05) is 30.3 Å². The van der Waals surface area contributed by atoms with Crippen LogP contribution in [-0.4, -0.2) is 11.1 Å². The molecule has 70 valence electrons. The first-order valence-electron chi connectivity index (χ1n) is 3.55. The smallest absolute Gasteiger partial charge is 0.252 e. The zero-order valence-electron chi connectivity index (χ0n) is 7.16. The molecule has 3 nitrogen and oxygen atoms in total. The molecule has 0 aliphatic rings. The summed E-state index contributed by atoms with van der Waals surface area (Å²) in [5.74, 6) is -0.333. The van der Waals surface area contributed by atoms with Crippen LogP contribution in [0.4, 0.5) is 0 Å². The SMILES string of the molecule is CC(N)=O.O=C(Cl)c1ccccc1. The predicted molar refractivity (Wildman–Crippen MR) is 51.5 cm³/mol. The average molecular weight is 200 g/mol. The molecular weight excluding hydrogens is 190 g/mol. The summed E-state index contributed by atoms with van der Waals surface area (Å²) in [7, 11) is 0. The lowest BCUT2D eigenvalue weighted by molar-refractivity contribution is -0.115. The third kappa shape index (κ3) is 7.03. The van der Waals surface area contributed by atoms with Gasteiger partial charge in [-0.2, -0.15) is 0 Å². The monoisotopic (exact) mass is 199 g/mol. The second-order valence-corrected chi connectivity index (χ2v) is 2.59. The Hall–Kier alpha value is -1.35. The van der Waals surface area contributed by atoms with Gasteiger partial charge in [0.1, 0.15) is 0 Å². The number of carbonyl (C=O) groups is 2. The van der Waals surface area contributed by atoms with E-state index in [1.54, 1.807) is 24.3 Å².